The first-order valence-electron chi connectivity index (χ1n) is 4.23. The number of nitrogens with two attached hydrogens (primary N) is 1. The summed E-state index contributed by atoms with van der Waals surface area (Å²) in [6, 6.07) is 0. The highest BCUT2D eigenvalue weighted by atomic mass is 16.4. The molecule has 0 atom stereocenters. The van der Waals surface area contributed by atoms with Crippen LogP contribution in [-0.2, 0) is 4.79 Å². The zero-order valence-corrected chi connectivity index (χ0v) is 8.29. The van der Waals surface area contributed by atoms with Gasteiger partial charge in [0.15, 0.2) is 5.84 Å². The first-order chi connectivity index (χ1) is 5.96. The average Bonchev–Trinajstić information content (AvgIpc) is 2.12. The van der Waals surface area contributed by atoms with Crippen LogP contribution in [0.3, 0.4) is 0 Å². The number of hydrogen-bond donors (Lipinski definition) is 3. The van der Waals surface area contributed by atoms with Crippen LogP contribution in [0.5, 0.6) is 0 Å². The molecule has 0 aromatic heterocycles. The summed E-state index contributed by atoms with van der Waals surface area (Å²) in [6.45, 7) is 5.76. The predicted molar refractivity (Wildman–Crippen MR) is 50.5 cm³/mol. The third kappa shape index (κ3) is 2.93. The van der Waals surface area contributed by atoms with Gasteiger partial charge >= 0.3 is 0 Å². The van der Waals surface area contributed by atoms with Gasteiger partial charge < -0.3 is 16.3 Å². The van der Waals surface area contributed by atoms with Crippen molar-refractivity contribution in [1.82, 2.24) is 5.32 Å². The van der Waals surface area contributed by atoms with Crippen LogP contribution in [0, 0.1) is 5.41 Å². The van der Waals surface area contributed by atoms with Gasteiger partial charge in [-0.3, -0.25) is 4.79 Å². The fourth-order valence-electron chi connectivity index (χ4n) is 0.701. The van der Waals surface area contributed by atoms with Crippen LogP contribution in [-0.4, -0.2) is 23.5 Å². The summed E-state index contributed by atoms with van der Waals surface area (Å²) in [5.74, 6) is -0.314. The van der Waals surface area contributed by atoms with Crippen LogP contribution < -0.4 is 11.1 Å². The molecule has 0 aliphatic carbocycles. The molecule has 4 N–H and O–H groups in total. The molecule has 0 rings (SSSR count). The van der Waals surface area contributed by atoms with E-state index in [0.717, 1.165) is 6.42 Å². The number of amidine groups is 1. The lowest BCUT2D eigenvalue weighted by Gasteiger charge is -2.21. The monoisotopic (exact) mass is 187 g/mol. The molecule has 0 aromatic rings. The van der Waals surface area contributed by atoms with Gasteiger partial charge in [0.1, 0.15) is 5.41 Å². The van der Waals surface area contributed by atoms with Crippen LogP contribution in [0.2, 0.25) is 0 Å². The lowest BCUT2D eigenvalue weighted by atomic mass is 9.91. The summed E-state index contributed by atoms with van der Waals surface area (Å²) in [7, 11) is 0. The van der Waals surface area contributed by atoms with E-state index in [1.165, 1.54) is 0 Å². The average molecular weight is 187 g/mol. The summed E-state index contributed by atoms with van der Waals surface area (Å²) in [5.41, 5.74) is 4.41. The van der Waals surface area contributed by atoms with Crippen molar-refractivity contribution in [3.63, 3.8) is 0 Å². The van der Waals surface area contributed by atoms with Crippen molar-refractivity contribution in [3.8, 4) is 0 Å². The largest absolute Gasteiger partial charge is 0.409 e. The number of carbonyl (C=O) groups is 1. The normalized spacial score (nSPS) is 12.7. The first-order valence-corrected chi connectivity index (χ1v) is 4.23. The highest BCUT2D eigenvalue weighted by Gasteiger charge is 2.32. The molecule has 5 nitrogen and oxygen atoms in total. The van der Waals surface area contributed by atoms with E-state index in [2.05, 4.69) is 10.5 Å². The Labute approximate surface area is 78.0 Å². The molecular formula is C8H17N3O2. The van der Waals surface area contributed by atoms with Crippen LogP contribution in [0.4, 0.5) is 0 Å². The molecule has 0 heterocycles. The number of carbonyl (C=O) groups excluding carboxylic acids is 1. The highest BCUT2D eigenvalue weighted by Crippen LogP contribution is 2.14. The third-order valence-electron chi connectivity index (χ3n) is 1.85. The van der Waals surface area contributed by atoms with Crippen molar-refractivity contribution < 1.29 is 10.0 Å². The summed E-state index contributed by atoms with van der Waals surface area (Å²) in [6.07, 6.45) is 0.859. The van der Waals surface area contributed by atoms with Crippen LogP contribution in [0.15, 0.2) is 5.16 Å². The van der Waals surface area contributed by atoms with Crippen molar-refractivity contribution in [2.75, 3.05) is 6.54 Å². The van der Waals surface area contributed by atoms with E-state index >= 15 is 0 Å². The Morgan fingerprint density at radius 1 is 1.62 bits per heavy atom. The zero-order chi connectivity index (χ0) is 10.5. The molecule has 0 unspecified atom stereocenters. The molecule has 0 radical (unpaired) electrons. The molecule has 0 aromatic carbocycles. The fraction of sp³-hybridized carbons (Fsp3) is 0.750. The second kappa shape index (κ2) is 4.69. The van der Waals surface area contributed by atoms with Crippen LogP contribution in [0.1, 0.15) is 27.2 Å². The lowest BCUT2D eigenvalue weighted by Crippen LogP contribution is -2.46. The molecule has 0 spiro atoms. The fourth-order valence-corrected chi connectivity index (χ4v) is 0.701. The number of oxime groups is 1. The Balaban J connectivity index is 4.36. The van der Waals surface area contributed by atoms with Gasteiger partial charge in [-0.1, -0.05) is 12.1 Å². The summed E-state index contributed by atoms with van der Waals surface area (Å²) in [4.78, 5) is 11.4. The number of hydrogen-bond acceptors (Lipinski definition) is 3. The molecule has 1 amide bonds. The van der Waals surface area contributed by atoms with E-state index in [0.29, 0.717) is 6.54 Å². The van der Waals surface area contributed by atoms with E-state index < -0.39 is 5.41 Å². The number of nitrogens with one attached hydrogen (secondary N) is 1. The maximum atomic E-state index is 11.4. The third-order valence-corrected chi connectivity index (χ3v) is 1.85. The van der Waals surface area contributed by atoms with E-state index in [4.69, 9.17) is 10.9 Å². The molecule has 0 aliphatic heterocycles. The van der Waals surface area contributed by atoms with Crippen molar-refractivity contribution in [2.45, 2.75) is 27.2 Å². The topological polar surface area (TPSA) is 87.7 Å². The Kier molecular flexibility index (Phi) is 4.23. The Bertz CT molecular complexity index is 211. The minimum absolute atomic E-state index is 0.0823. The predicted octanol–water partition coefficient (Wildman–Crippen LogP) is 0.285. The van der Waals surface area contributed by atoms with Gasteiger partial charge in [0.2, 0.25) is 5.91 Å². The van der Waals surface area contributed by atoms with Crippen molar-refractivity contribution in [1.29, 1.82) is 0 Å². The van der Waals surface area contributed by atoms with Gasteiger partial charge in [0, 0.05) is 6.54 Å². The molecule has 0 fully saturated rings. The Morgan fingerprint density at radius 2 is 2.15 bits per heavy atom. The minimum Gasteiger partial charge on any atom is -0.409 e. The molecule has 0 saturated carbocycles. The van der Waals surface area contributed by atoms with E-state index in [1.807, 2.05) is 6.92 Å². The van der Waals surface area contributed by atoms with Gasteiger partial charge in [-0.2, -0.15) is 0 Å². The van der Waals surface area contributed by atoms with Gasteiger partial charge in [-0.05, 0) is 20.3 Å². The number of nitrogens with zero attached hydrogens (tertiary/aromatic N) is 1. The lowest BCUT2D eigenvalue weighted by molar-refractivity contribution is -0.126. The summed E-state index contributed by atoms with van der Waals surface area (Å²) in [5, 5.41) is 13.9. The van der Waals surface area contributed by atoms with Crippen LogP contribution in [0.25, 0.3) is 0 Å². The van der Waals surface area contributed by atoms with Gasteiger partial charge in [0.25, 0.3) is 0 Å². The Hall–Kier alpha value is -1.26. The highest BCUT2D eigenvalue weighted by molar-refractivity contribution is 6.05. The van der Waals surface area contributed by atoms with Gasteiger partial charge in [-0.15, -0.1) is 0 Å². The number of amides is 1. The standard InChI is InChI=1S/C8H17N3O2/c1-4-5-10-7(12)8(2,3)6(9)11-13/h13H,4-5H2,1-3H3,(H2,9,11)(H,10,12). The number of rotatable bonds is 4. The Morgan fingerprint density at radius 3 is 2.54 bits per heavy atom. The molecule has 0 saturated heterocycles. The van der Waals surface area contributed by atoms with E-state index in [-0.39, 0.29) is 11.7 Å². The molecule has 76 valence electrons. The smallest absolute Gasteiger partial charge is 0.233 e. The van der Waals surface area contributed by atoms with Crippen molar-refractivity contribution in [2.24, 2.45) is 16.3 Å². The first kappa shape index (κ1) is 11.7. The molecule has 0 bridgehead atoms. The maximum Gasteiger partial charge on any atom is 0.233 e. The second-order valence-corrected chi connectivity index (χ2v) is 3.37. The SMILES string of the molecule is CCCNC(=O)C(C)(C)C(N)=NO. The van der Waals surface area contributed by atoms with Crippen molar-refractivity contribution >= 4 is 11.7 Å². The molecule has 0 aliphatic rings. The van der Waals surface area contributed by atoms with E-state index in [1.54, 1.807) is 13.8 Å². The van der Waals surface area contributed by atoms with Gasteiger partial charge in [-0.25, -0.2) is 0 Å². The minimum atomic E-state index is -0.954. The summed E-state index contributed by atoms with van der Waals surface area (Å²) < 4.78 is 0. The quantitative estimate of drug-likeness (QED) is 0.256. The van der Waals surface area contributed by atoms with Crippen molar-refractivity contribution in [3.05, 3.63) is 0 Å². The van der Waals surface area contributed by atoms with Gasteiger partial charge in [0.05, 0.1) is 0 Å². The van der Waals surface area contributed by atoms with Crippen LogP contribution >= 0.6 is 0 Å². The second-order valence-electron chi connectivity index (χ2n) is 3.37. The summed E-state index contributed by atoms with van der Waals surface area (Å²) >= 11 is 0. The zero-order valence-electron chi connectivity index (χ0n) is 8.29. The molecule has 5 heteroatoms. The van der Waals surface area contributed by atoms with E-state index in [9.17, 15) is 4.79 Å². The molecular weight excluding hydrogens is 170 g/mol. The molecule has 13 heavy (non-hydrogen) atoms. The maximum absolute atomic E-state index is 11.4.